The number of hydrogen-bond donors (Lipinski definition) is 0. The Bertz CT molecular complexity index is 740. The van der Waals surface area contributed by atoms with Gasteiger partial charge in [0.15, 0.2) is 0 Å². The van der Waals surface area contributed by atoms with Gasteiger partial charge in [0.05, 0.1) is 6.54 Å². The molecular weight excluding hydrogens is 368 g/mol. The molecule has 0 N–H and O–H groups in total. The maximum Gasteiger partial charge on any atom is 0.226 e. The van der Waals surface area contributed by atoms with Crippen LogP contribution in [0.5, 0.6) is 0 Å². The fourth-order valence-corrected chi connectivity index (χ4v) is 3.79. The van der Waals surface area contributed by atoms with E-state index in [1.54, 1.807) is 0 Å². The molecule has 28 heavy (non-hydrogen) atoms. The lowest BCUT2D eigenvalue weighted by molar-refractivity contribution is -0.139. The van der Waals surface area contributed by atoms with Crippen molar-refractivity contribution in [2.24, 2.45) is 5.92 Å². The van der Waals surface area contributed by atoms with Crippen molar-refractivity contribution in [3.63, 3.8) is 0 Å². The number of rotatable bonds is 11. The van der Waals surface area contributed by atoms with Gasteiger partial charge < -0.3 is 9.47 Å². The monoisotopic (exact) mass is 402 g/mol. The van der Waals surface area contributed by atoms with Crippen LogP contribution in [0.25, 0.3) is 0 Å². The molecule has 2 atom stereocenters. The van der Waals surface area contributed by atoms with Gasteiger partial charge in [0, 0.05) is 35.4 Å². The van der Waals surface area contributed by atoms with Crippen LogP contribution in [0.2, 0.25) is 5.02 Å². The third kappa shape index (κ3) is 5.88. The van der Waals surface area contributed by atoms with Crippen LogP contribution in [0.15, 0.2) is 42.6 Å². The minimum atomic E-state index is 0.126. The van der Waals surface area contributed by atoms with Crippen molar-refractivity contribution in [3.05, 3.63) is 58.9 Å². The van der Waals surface area contributed by atoms with Gasteiger partial charge in [-0.3, -0.25) is 4.79 Å². The minimum absolute atomic E-state index is 0.126. The Balaban J connectivity index is 2.20. The quantitative estimate of drug-likeness (QED) is 0.419. The first-order valence-corrected chi connectivity index (χ1v) is 11.1. The molecule has 1 aromatic heterocycles. The number of halogens is 1. The second kappa shape index (κ2) is 11.3. The maximum atomic E-state index is 13.3. The molecule has 2 rings (SSSR count). The van der Waals surface area contributed by atoms with E-state index in [-0.39, 0.29) is 12.0 Å². The molecule has 2 unspecified atom stereocenters. The van der Waals surface area contributed by atoms with Gasteiger partial charge in [0.2, 0.25) is 5.91 Å². The van der Waals surface area contributed by atoms with E-state index in [4.69, 9.17) is 11.6 Å². The molecule has 1 amide bonds. The SMILES string of the molecule is CCCCC(CC)C(=O)N(Cc1cccn1Cc1ccccc1Cl)C(C)CC. The lowest BCUT2D eigenvalue weighted by Crippen LogP contribution is -2.42. The molecule has 0 aliphatic heterocycles. The van der Waals surface area contributed by atoms with Crippen LogP contribution in [0, 0.1) is 5.92 Å². The van der Waals surface area contributed by atoms with E-state index >= 15 is 0 Å². The molecule has 4 heteroatoms. The Labute approximate surface area is 175 Å². The van der Waals surface area contributed by atoms with Gasteiger partial charge in [-0.2, -0.15) is 0 Å². The second-order valence-electron chi connectivity index (χ2n) is 7.69. The lowest BCUT2D eigenvalue weighted by atomic mass is 9.96. The number of benzene rings is 1. The lowest BCUT2D eigenvalue weighted by Gasteiger charge is -2.32. The van der Waals surface area contributed by atoms with Crippen molar-refractivity contribution in [2.75, 3.05) is 0 Å². The molecule has 0 fully saturated rings. The van der Waals surface area contributed by atoms with Gasteiger partial charge in [-0.05, 0) is 49.9 Å². The summed E-state index contributed by atoms with van der Waals surface area (Å²) in [5.74, 6) is 0.428. The van der Waals surface area contributed by atoms with Gasteiger partial charge in [-0.15, -0.1) is 0 Å². The third-order valence-electron chi connectivity index (χ3n) is 5.71. The van der Waals surface area contributed by atoms with Crippen molar-refractivity contribution < 1.29 is 4.79 Å². The number of amides is 1. The molecule has 0 saturated carbocycles. The zero-order chi connectivity index (χ0) is 20.5. The van der Waals surface area contributed by atoms with E-state index in [0.29, 0.717) is 12.5 Å². The van der Waals surface area contributed by atoms with Gasteiger partial charge >= 0.3 is 0 Å². The van der Waals surface area contributed by atoms with Crippen LogP contribution in [0.1, 0.15) is 71.1 Å². The summed E-state index contributed by atoms with van der Waals surface area (Å²) >= 11 is 6.35. The normalized spacial score (nSPS) is 13.3. The maximum absolute atomic E-state index is 13.3. The Kier molecular flexibility index (Phi) is 9.11. The van der Waals surface area contributed by atoms with Crippen molar-refractivity contribution in [3.8, 4) is 0 Å². The van der Waals surface area contributed by atoms with E-state index in [0.717, 1.165) is 54.9 Å². The largest absolute Gasteiger partial charge is 0.345 e. The van der Waals surface area contributed by atoms with Crippen molar-refractivity contribution in [1.29, 1.82) is 0 Å². The highest BCUT2D eigenvalue weighted by Gasteiger charge is 2.26. The summed E-state index contributed by atoms with van der Waals surface area (Å²) in [4.78, 5) is 15.4. The van der Waals surface area contributed by atoms with E-state index in [9.17, 15) is 4.79 Å². The molecule has 2 aromatic rings. The molecule has 154 valence electrons. The molecule has 0 aliphatic carbocycles. The van der Waals surface area contributed by atoms with Gasteiger partial charge in [-0.25, -0.2) is 0 Å². The highest BCUT2D eigenvalue weighted by Crippen LogP contribution is 2.22. The average molecular weight is 403 g/mol. The van der Waals surface area contributed by atoms with E-state index in [2.05, 4.69) is 61.6 Å². The molecule has 0 spiro atoms. The summed E-state index contributed by atoms with van der Waals surface area (Å²) in [7, 11) is 0. The van der Waals surface area contributed by atoms with E-state index in [1.165, 1.54) is 0 Å². The summed E-state index contributed by atoms with van der Waals surface area (Å²) < 4.78 is 2.21. The average Bonchev–Trinajstić information content (AvgIpc) is 3.14. The number of carbonyl (C=O) groups excluding carboxylic acids is 1. The Morgan fingerprint density at radius 1 is 1.11 bits per heavy atom. The molecular formula is C24H35ClN2O. The summed E-state index contributed by atoms with van der Waals surface area (Å²) in [6, 6.07) is 12.3. The smallest absolute Gasteiger partial charge is 0.226 e. The number of aromatic nitrogens is 1. The Hall–Kier alpha value is -1.74. The number of unbranched alkanes of at least 4 members (excludes halogenated alkanes) is 1. The summed E-state index contributed by atoms with van der Waals surface area (Å²) in [6.07, 6.45) is 7.18. The molecule has 0 radical (unpaired) electrons. The minimum Gasteiger partial charge on any atom is -0.345 e. The highest BCUT2D eigenvalue weighted by atomic mass is 35.5. The Morgan fingerprint density at radius 2 is 1.86 bits per heavy atom. The number of carbonyl (C=O) groups is 1. The third-order valence-corrected chi connectivity index (χ3v) is 6.08. The first kappa shape index (κ1) is 22.5. The highest BCUT2D eigenvalue weighted by molar-refractivity contribution is 6.31. The van der Waals surface area contributed by atoms with E-state index < -0.39 is 0 Å². The Morgan fingerprint density at radius 3 is 2.50 bits per heavy atom. The second-order valence-corrected chi connectivity index (χ2v) is 8.10. The van der Waals surface area contributed by atoms with Gasteiger partial charge in [0.25, 0.3) is 0 Å². The van der Waals surface area contributed by atoms with Crippen LogP contribution >= 0.6 is 11.6 Å². The number of nitrogens with zero attached hydrogens (tertiary/aromatic N) is 2. The zero-order valence-electron chi connectivity index (χ0n) is 17.8. The summed E-state index contributed by atoms with van der Waals surface area (Å²) in [6.45, 7) is 10.00. The number of hydrogen-bond acceptors (Lipinski definition) is 1. The van der Waals surface area contributed by atoms with Crippen LogP contribution in [0.3, 0.4) is 0 Å². The fraction of sp³-hybridized carbons (Fsp3) is 0.542. The standard InChI is InChI=1S/C24H35ClN2O/c1-5-8-12-20(7-3)24(28)27(19(4)6-2)18-22-14-11-16-26(22)17-21-13-9-10-15-23(21)25/h9-11,13-16,19-20H,5-8,12,17-18H2,1-4H3. The summed E-state index contributed by atoms with van der Waals surface area (Å²) in [5, 5.41) is 0.780. The first-order chi connectivity index (χ1) is 13.5. The molecule has 0 saturated heterocycles. The van der Waals surface area contributed by atoms with Crippen molar-refractivity contribution in [1.82, 2.24) is 9.47 Å². The van der Waals surface area contributed by atoms with E-state index in [1.807, 2.05) is 18.2 Å². The molecule has 1 heterocycles. The first-order valence-electron chi connectivity index (χ1n) is 10.7. The zero-order valence-corrected chi connectivity index (χ0v) is 18.6. The molecule has 3 nitrogen and oxygen atoms in total. The van der Waals surface area contributed by atoms with Crippen LogP contribution in [0.4, 0.5) is 0 Å². The summed E-state index contributed by atoms with van der Waals surface area (Å²) in [5.41, 5.74) is 2.25. The van der Waals surface area contributed by atoms with Crippen LogP contribution in [-0.2, 0) is 17.9 Å². The van der Waals surface area contributed by atoms with Crippen LogP contribution in [-0.4, -0.2) is 21.4 Å². The fourth-order valence-electron chi connectivity index (χ4n) is 3.59. The molecule has 0 bridgehead atoms. The molecule has 0 aliphatic rings. The van der Waals surface area contributed by atoms with Crippen molar-refractivity contribution >= 4 is 17.5 Å². The molecule has 1 aromatic carbocycles. The topological polar surface area (TPSA) is 25.2 Å². The van der Waals surface area contributed by atoms with Gasteiger partial charge in [-0.1, -0.05) is 63.4 Å². The van der Waals surface area contributed by atoms with Crippen LogP contribution < -0.4 is 0 Å². The van der Waals surface area contributed by atoms with Crippen molar-refractivity contribution in [2.45, 2.75) is 78.9 Å². The predicted octanol–water partition coefficient (Wildman–Crippen LogP) is 6.53. The van der Waals surface area contributed by atoms with Gasteiger partial charge in [0.1, 0.15) is 0 Å². The predicted molar refractivity (Wildman–Crippen MR) is 119 cm³/mol.